The van der Waals surface area contributed by atoms with Crippen molar-refractivity contribution in [2.75, 3.05) is 12.4 Å². The average Bonchev–Trinajstić information content (AvgIpc) is 3.41. The smallest absolute Gasteiger partial charge is 0.256 e. The van der Waals surface area contributed by atoms with E-state index in [2.05, 4.69) is 20.2 Å². The topological polar surface area (TPSA) is 113 Å². The lowest BCUT2D eigenvalue weighted by Gasteiger charge is -2.07. The van der Waals surface area contributed by atoms with Crippen LogP contribution in [0.1, 0.15) is 23.2 Å². The molecule has 1 saturated carbocycles. The Hall–Kier alpha value is -3.17. The minimum atomic E-state index is -3.54. The maximum absolute atomic E-state index is 12.5. The van der Waals surface area contributed by atoms with E-state index in [1.165, 1.54) is 24.3 Å². The second-order valence-corrected chi connectivity index (χ2v) is 8.46. The summed E-state index contributed by atoms with van der Waals surface area (Å²) in [4.78, 5) is 12.6. The molecule has 0 radical (unpaired) electrons. The molecule has 0 unspecified atom stereocenters. The lowest BCUT2D eigenvalue weighted by Crippen LogP contribution is -2.25. The third kappa shape index (κ3) is 4.30. The van der Waals surface area contributed by atoms with E-state index in [4.69, 9.17) is 4.74 Å². The summed E-state index contributed by atoms with van der Waals surface area (Å²) in [6.45, 7) is 0. The maximum atomic E-state index is 12.5. The molecule has 1 aromatic heterocycles. The van der Waals surface area contributed by atoms with Gasteiger partial charge < -0.3 is 10.1 Å². The maximum Gasteiger partial charge on any atom is 0.256 e. The van der Waals surface area contributed by atoms with Gasteiger partial charge in [-0.15, -0.1) is 0 Å². The number of methoxy groups -OCH3 is 1. The molecule has 29 heavy (non-hydrogen) atoms. The monoisotopic (exact) mass is 412 g/mol. The number of anilines is 1. The Balaban J connectivity index is 1.46. The number of para-hydroxylation sites is 1. The Kier molecular flexibility index (Phi) is 5.08. The summed E-state index contributed by atoms with van der Waals surface area (Å²) in [7, 11) is -1.96. The molecule has 1 aliphatic carbocycles. The van der Waals surface area contributed by atoms with Crippen molar-refractivity contribution in [2.24, 2.45) is 0 Å². The molecule has 0 spiro atoms. The molecular weight excluding hydrogens is 392 g/mol. The second-order valence-electron chi connectivity index (χ2n) is 6.74. The Morgan fingerprint density at radius 3 is 2.55 bits per heavy atom. The Labute approximate surface area is 168 Å². The second kappa shape index (κ2) is 7.69. The molecule has 4 rings (SSSR count). The van der Waals surface area contributed by atoms with Crippen LogP contribution in [-0.4, -0.2) is 37.7 Å². The molecule has 9 heteroatoms. The quantitative estimate of drug-likeness (QED) is 0.552. The van der Waals surface area contributed by atoms with Crippen LogP contribution in [0.15, 0.2) is 59.5 Å². The average molecular weight is 412 g/mol. The van der Waals surface area contributed by atoms with Gasteiger partial charge in [-0.1, -0.05) is 12.1 Å². The minimum absolute atomic E-state index is 0.0278. The number of nitrogens with zero attached hydrogens (tertiary/aromatic N) is 1. The van der Waals surface area contributed by atoms with Crippen molar-refractivity contribution in [3.63, 3.8) is 0 Å². The molecule has 3 N–H and O–H groups in total. The zero-order chi connectivity index (χ0) is 20.4. The number of H-pyrrole nitrogens is 1. The van der Waals surface area contributed by atoms with Crippen molar-refractivity contribution in [3.05, 3.63) is 60.2 Å². The van der Waals surface area contributed by atoms with Gasteiger partial charge in [-0.25, -0.2) is 13.1 Å². The van der Waals surface area contributed by atoms with Crippen molar-refractivity contribution < 1.29 is 17.9 Å². The SMILES string of the molecule is COc1ccccc1-c1cc(NC(=O)c2ccc(S(=O)(=O)NC3CC3)cc2)n[nH]1. The van der Waals surface area contributed by atoms with Crippen molar-refractivity contribution in [1.29, 1.82) is 0 Å². The van der Waals surface area contributed by atoms with E-state index in [1.54, 1.807) is 13.2 Å². The van der Waals surface area contributed by atoms with Crippen LogP contribution in [0.5, 0.6) is 5.75 Å². The highest BCUT2D eigenvalue weighted by Gasteiger charge is 2.28. The highest BCUT2D eigenvalue weighted by Crippen LogP contribution is 2.29. The molecule has 1 fully saturated rings. The Bertz CT molecular complexity index is 1140. The largest absolute Gasteiger partial charge is 0.496 e. The number of benzene rings is 2. The fourth-order valence-corrected chi connectivity index (χ4v) is 4.16. The van der Waals surface area contributed by atoms with Crippen LogP contribution < -0.4 is 14.8 Å². The molecule has 1 amide bonds. The number of nitrogens with one attached hydrogen (secondary N) is 3. The molecule has 2 aromatic carbocycles. The molecule has 0 aliphatic heterocycles. The number of amides is 1. The van der Waals surface area contributed by atoms with E-state index in [0.29, 0.717) is 22.8 Å². The normalized spacial score (nSPS) is 13.8. The van der Waals surface area contributed by atoms with E-state index in [1.807, 2.05) is 24.3 Å². The van der Waals surface area contributed by atoms with Gasteiger partial charge in [0.2, 0.25) is 10.0 Å². The number of rotatable bonds is 7. The highest BCUT2D eigenvalue weighted by atomic mass is 32.2. The van der Waals surface area contributed by atoms with E-state index < -0.39 is 10.0 Å². The van der Waals surface area contributed by atoms with Crippen molar-refractivity contribution in [2.45, 2.75) is 23.8 Å². The molecule has 0 atom stereocenters. The molecule has 0 saturated heterocycles. The zero-order valence-electron chi connectivity index (χ0n) is 15.7. The fourth-order valence-electron chi connectivity index (χ4n) is 2.85. The van der Waals surface area contributed by atoms with E-state index in [9.17, 15) is 13.2 Å². The summed E-state index contributed by atoms with van der Waals surface area (Å²) < 4.78 is 32.4. The van der Waals surface area contributed by atoms with Crippen molar-refractivity contribution in [3.8, 4) is 17.0 Å². The number of carbonyl (C=O) groups is 1. The first-order valence-corrected chi connectivity index (χ1v) is 10.6. The summed E-state index contributed by atoms with van der Waals surface area (Å²) in [6, 6.07) is 15.0. The third-order valence-electron chi connectivity index (χ3n) is 4.54. The van der Waals surface area contributed by atoms with Crippen LogP contribution in [0.3, 0.4) is 0 Å². The van der Waals surface area contributed by atoms with Crippen LogP contribution in [0.25, 0.3) is 11.3 Å². The van der Waals surface area contributed by atoms with Crippen LogP contribution in [-0.2, 0) is 10.0 Å². The first kappa shape index (κ1) is 19.2. The molecule has 3 aromatic rings. The van der Waals surface area contributed by atoms with Crippen molar-refractivity contribution in [1.82, 2.24) is 14.9 Å². The first-order chi connectivity index (χ1) is 14.0. The summed E-state index contributed by atoms with van der Waals surface area (Å²) >= 11 is 0. The van der Waals surface area contributed by atoms with E-state index >= 15 is 0 Å². The molecule has 0 bridgehead atoms. The van der Waals surface area contributed by atoms with Gasteiger partial charge in [-0.2, -0.15) is 5.10 Å². The Morgan fingerprint density at radius 1 is 1.14 bits per heavy atom. The molecule has 1 aliphatic rings. The fraction of sp³-hybridized carbons (Fsp3) is 0.200. The van der Waals surface area contributed by atoms with Gasteiger partial charge in [-0.3, -0.25) is 9.89 Å². The zero-order valence-corrected chi connectivity index (χ0v) is 16.5. The van der Waals surface area contributed by atoms with Gasteiger partial charge in [0.15, 0.2) is 5.82 Å². The van der Waals surface area contributed by atoms with Gasteiger partial charge in [0, 0.05) is 23.2 Å². The van der Waals surface area contributed by atoms with Crippen LogP contribution in [0.2, 0.25) is 0 Å². The predicted molar refractivity (Wildman–Crippen MR) is 108 cm³/mol. The van der Waals surface area contributed by atoms with Crippen LogP contribution in [0, 0.1) is 0 Å². The molecule has 8 nitrogen and oxygen atoms in total. The standard InChI is InChI=1S/C20H20N4O4S/c1-28-18-5-3-2-4-16(18)17-12-19(23-22-17)21-20(25)13-6-10-15(11-7-13)29(26,27)24-14-8-9-14/h2-7,10-12,14,24H,8-9H2,1H3,(H2,21,22,23,25). The molecule has 150 valence electrons. The van der Waals surface area contributed by atoms with Gasteiger partial charge in [0.1, 0.15) is 5.75 Å². The number of aromatic nitrogens is 2. The van der Waals surface area contributed by atoms with E-state index in [0.717, 1.165) is 18.4 Å². The summed E-state index contributed by atoms with van der Waals surface area (Å²) in [6.07, 6.45) is 1.72. The van der Waals surface area contributed by atoms with Gasteiger partial charge in [0.05, 0.1) is 17.7 Å². The lowest BCUT2D eigenvalue weighted by molar-refractivity contribution is 0.102. The predicted octanol–water partition coefficient (Wildman–Crippen LogP) is 2.78. The third-order valence-corrected chi connectivity index (χ3v) is 6.08. The summed E-state index contributed by atoms with van der Waals surface area (Å²) in [5, 5.41) is 9.68. The van der Waals surface area contributed by atoms with Crippen molar-refractivity contribution >= 4 is 21.7 Å². The number of carbonyl (C=O) groups excluding carboxylic acids is 1. The molecule has 1 heterocycles. The van der Waals surface area contributed by atoms with Gasteiger partial charge >= 0.3 is 0 Å². The Morgan fingerprint density at radius 2 is 1.86 bits per heavy atom. The van der Waals surface area contributed by atoms with Gasteiger partial charge in [-0.05, 0) is 49.2 Å². The number of ether oxygens (including phenoxy) is 1. The number of aromatic amines is 1. The minimum Gasteiger partial charge on any atom is -0.496 e. The van der Waals surface area contributed by atoms with E-state index in [-0.39, 0.29) is 16.8 Å². The van der Waals surface area contributed by atoms with Gasteiger partial charge in [0.25, 0.3) is 5.91 Å². The number of sulfonamides is 1. The lowest BCUT2D eigenvalue weighted by atomic mass is 10.1. The number of hydrogen-bond donors (Lipinski definition) is 3. The summed E-state index contributed by atoms with van der Waals surface area (Å²) in [5.74, 6) is 0.649. The number of hydrogen-bond acceptors (Lipinski definition) is 5. The van der Waals surface area contributed by atoms with Crippen LogP contribution in [0.4, 0.5) is 5.82 Å². The van der Waals surface area contributed by atoms with Crippen LogP contribution >= 0.6 is 0 Å². The summed E-state index contributed by atoms with van der Waals surface area (Å²) in [5.41, 5.74) is 1.85. The first-order valence-electron chi connectivity index (χ1n) is 9.09. The molecular formula is C20H20N4O4S. The highest BCUT2D eigenvalue weighted by molar-refractivity contribution is 7.89.